The van der Waals surface area contributed by atoms with E-state index in [1.54, 1.807) is 18.2 Å². The minimum atomic E-state index is 0.626. The van der Waals surface area contributed by atoms with Crippen LogP contribution in [0.2, 0.25) is 0 Å². The fourth-order valence-electron chi connectivity index (χ4n) is 0.405. The number of methoxy groups -OCH3 is 1. The summed E-state index contributed by atoms with van der Waals surface area (Å²) in [5, 5.41) is 6.81. The average molecular weight is 158 g/mol. The van der Waals surface area contributed by atoms with Crippen LogP contribution in [0, 0.1) is 5.41 Å². The van der Waals surface area contributed by atoms with Crippen LogP contribution in [0.25, 0.3) is 0 Å². The summed E-state index contributed by atoms with van der Waals surface area (Å²) >= 11 is 0. The highest BCUT2D eigenvalue weighted by molar-refractivity contribution is 5.51. The Hall–Kier alpha value is -0.830. The zero-order valence-corrected chi connectivity index (χ0v) is 7.63. The van der Waals surface area contributed by atoms with Crippen LogP contribution in [-0.4, -0.2) is 31.5 Å². The predicted molar refractivity (Wildman–Crippen MR) is 48.9 cm³/mol. The molecule has 3 heteroatoms. The molecule has 0 fully saturated rings. The van der Waals surface area contributed by atoms with Crippen LogP contribution in [0.4, 0.5) is 0 Å². The van der Waals surface area contributed by atoms with E-state index in [2.05, 4.69) is 6.58 Å². The predicted octanol–water partition coefficient (Wildman–Crippen LogP) is 1.71. The smallest absolute Gasteiger partial charge is 0.0857 e. The van der Waals surface area contributed by atoms with Gasteiger partial charge in [0, 0.05) is 13.7 Å². The summed E-state index contributed by atoms with van der Waals surface area (Å²) in [6.45, 7) is 8.83. The first-order chi connectivity index (χ1) is 5.35. The number of nitrogens with one attached hydrogen (secondary N) is 1. The van der Waals surface area contributed by atoms with Gasteiger partial charge in [0.25, 0.3) is 0 Å². The van der Waals surface area contributed by atoms with Crippen LogP contribution in [0.5, 0.6) is 0 Å². The van der Waals surface area contributed by atoms with Gasteiger partial charge in [-0.1, -0.05) is 20.4 Å². The zero-order chi connectivity index (χ0) is 9.11. The van der Waals surface area contributed by atoms with Crippen molar-refractivity contribution in [2.24, 2.45) is 0 Å². The molecule has 1 N–H and O–H groups in total. The monoisotopic (exact) mass is 158 g/mol. The van der Waals surface area contributed by atoms with Gasteiger partial charge in [-0.25, -0.2) is 0 Å². The van der Waals surface area contributed by atoms with Gasteiger partial charge >= 0.3 is 0 Å². The molecule has 66 valence electrons. The molecule has 0 spiro atoms. The molecule has 0 bridgehead atoms. The molecule has 0 amide bonds. The summed E-state index contributed by atoms with van der Waals surface area (Å²) in [7, 11) is 1.63. The van der Waals surface area contributed by atoms with Gasteiger partial charge in [-0.3, -0.25) is 5.41 Å². The first kappa shape index (κ1) is 12.8. The molecular formula is C8H18N2O. The van der Waals surface area contributed by atoms with E-state index in [1.165, 1.54) is 6.34 Å². The third kappa shape index (κ3) is 9.17. The van der Waals surface area contributed by atoms with E-state index in [4.69, 9.17) is 10.1 Å². The SMILES string of the molecule is C=CN(C=N)CCOC.CC. The summed E-state index contributed by atoms with van der Waals surface area (Å²) in [5.74, 6) is 0. The maximum atomic E-state index is 6.81. The van der Waals surface area contributed by atoms with Crippen LogP contribution in [-0.2, 0) is 4.74 Å². The largest absolute Gasteiger partial charge is 0.383 e. The van der Waals surface area contributed by atoms with Crippen LogP contribution < -0.4 is 0 Å². The third-order valence-electron chi connectivity index (χ3n) is 0.954. The van der Waals surface area contributed by atoms with Crippen molar-refractivity contribution in [2.75, 3.05) is 20.3 Å². The van der Waals surface area contributed by atoms with Crippen molar-refractivity contribution in [3.05, 3.63) is 12.8 Å². The highest BCUT2D eigenvalue weighted by atomic mass is 16.5. The lowest BCUT2D eigenvalue weighted by molar-refractivity contribution is 0.187. The van der Waals surface area contributed by atoms with E-state index >= 15 is 0 Å². The van der Waals surface area contributed by atoms with Gasteiger partial charge in [0.15, 0.2) is 0 Å². The molecule has 0 saturated carbocycles. The standard InChI is InChI=1S/C6H12N2O.C2H6/c1-3-8(6-7)4-5-9-2;1-2/h3,6-7H,1,4-5H2,2H3;1-2H3. The van der Waals surface area contributed by atoms with Gasteiger partial charge in [-0.05, 0) is 6.20 Å². The summed E-state index contributed by atoms with van der Waals surface area (Å²) < 4.78 is 4.78. The quantitative estimate of drug-likeness (QED) is 0.488. The first-order valence-corrected chi connectivity index (χ1v) is 3.73. The molecule has 0 aromatic heterocycles. The molecular weight excluding hydrogens is 140 g/mol. The van der Waals surface area contributed by atoms with Crippen molar-refractivity contribution in [1.82, 2.24) is 4.90 Å². The molecule has 0 heterocycles. The van der Waals surface area contributed by atoms with Crippen molar-refractivity contribution in [1.29, 1.82) is 5.41 Å². The molecule has 0 atom stereocenters. The van der Waals surface area contributed by atoms with E-state index in [0.29, 0.717) is 13.2 Å². The second-order valence-corrected chi connectivity index (χ2v) is 1.54. The number of hydrogen-bond acceptors (Lipinski definition) is 2. The van der Waals surface area contributed by atoms with Crippen molar-refractivity contribution in [3.8, 4) is 0 Å². The molecule has 0 rings (SSSR count). The zero-order valence-electron chi connectivity index (χ0n) is 7.63. The molecule has 0 saturated heterocycles. The van der Waals surface area contributed by atoms with Crippen LogP contribution in [0.1, 0.15) is 13.8 Å². The topological polar surface area (TPSA) is 36.3 Å². The van der Waals surface area contributed by atoms with Crippen LogP contribution in [0.15, 0.2) is 12.8 Å². The van der Waals surface area contributed by atoms with Gasteiger partial charge in [0.1, 0.15) is 0 Å². The van der Waals surface area contributed by atoms with Gasteiger partial charge in [0.2, 0.25) is 0 Å². The second-order valence-electron chi connectivity index (χ2n) is 1.54. The summed E-state index contributed by atoms with van der Waals surface area (Å²) in [5.41, 5.74) is 0. The number of nitrogens with zero attached hydrogens (tertiary/aromatic N) is 1. The van der Waals surface area contributed by atoms with Gasteiger partial charge in [-0.15, -0.1) is 0 Å². The summed E-state index contributed by atoms with van der Waals surface area (Å²) in [6.07, 6.45) is 2.80. The van der Waals surface area contributed by atoms with Gasteiger partial charge < -0.3 is 9.64 Å². The third-order valence-corrected chi connectivity index (χ3v) is 0.954. The number of ether oxygens (including phenoxy) is 1. The van der Waals surface area contributed by atoms with Crippen molar-refractivity contribution in [3.63, 3.8) is 0 Å². The van der Waals surface area contributed by atoms with E-state index in [9.17, 15) is 0 Å². The normalized spacial score (nSPS) is 7.55. The van der Waals surface area contributed by atoms with E-state index in [0.717, 1.165) is 0 Å². The molecule has 0 aliphatic carbocycles. The maximum absolute atomic E-state index is 6.81. The highest BCUT2D eigenvalue weighted by Gasteiger charge is 1.89. The Morgan fingerprint density at radius 1 is 1.55 bits per heavy atom. The molecule has 0 aromatic carbocycles. The molecule has 0 aromatic rings. The fourth-order valence-corrected chi connectivity index (χ4v) is 0.405. The number of hydrogen-bond donors (Lipinski definition) is 1. The van der Waals surface area contributed by atoms with Crippen molar-refractivity contribution < 1.29 is 4.74 Å². The first-order valence-electron chi connectivity index (χ1n) is 3.73. The highest BCUT2D eigenvalue weighted by Crippen LogP contribution is 1.81. The number of rotatable bonds is 5. The Bertz CT molecular complexity index is 86.1. The van der Waals surface area contributed by atoms with Crippen LogP contribution >= 0.6 is 0 Å². The molecule has 0 aliphatic heterocycles. The fraction of sp³-hybridized carbons (Fsp3) is 0.625. The van der Waals surface area contributed by atoms with Gasteiger partial charge in [-0.2, -0.15) is 0 Å². The minimum absolute atomic E-state index is 0.626. The van der Waals surface area contributed by atoms with E-state index in [-0.39, 0.29) is 0 Å². The molecule has 0 radical (unpaired) electrons. The molecule has 0 unspecified atom stereocenters. The summed E-state index contributed by atoms with van der Waals surface area (Å²) in [6, 6.07) is 0. The van der Waals surface area contributed by atoms with Crippen molar-refractivity contribution in [2.45, 2.75) is 13.8 Å². The Balaban J connectivity index is 0. The Morgan fingerprint density at radius 3 is 2.36 bits per heavy atom. The van der Waals surface area contributed by atoms with Gasteiger partial charge in [0.05, 0.1) is 12.9 Å². The molecule has 3 nitrogen and oxygen atoms in total. The van der Waals surface area contributed by atoms with Crippen molar-refractivity contribution >= 4 is 6.34 Å². The molecule has 0 aliphatic rings. The van der Waals surface area contributed by atoms with Crippen LogP contribution in [0.3, 0.4) is 0 Å². The van der Waals surface area contributed by atoms with E-state index in [1.807, 2.05) is 13.8 Å². The minimum Gasteiger partial charge on any atom is -0.383 e. The Morgan fingerprint density at radius 2 is 2.09 bits per heavy atom. The second kappa shape index (κ2) is 11.9. The Kier molecular flexibility index (Phi) is 13.9. The summed E-state index contributed by atoms with van der Waals surface area (Å²) in [4.78, 5) is 1.64. The van der Waals surface area contributed by atoms with E-state index < -0.39 is 0 Å². The lowest BCUT2D eigenvalue weighted by atomic mass is 10.6. The average Bonchev–Trinajstić information content (AvgIpc) is 2.10. The lowest BCUT2D eigenvalue weighted by Crippen LogP contribution is -2.18. The Labute approximate surface area is 69.2 Å². The molecule has 11 heavy (non-hydrogen) atoms. The lowest BCUT2D eigenvalue weighted by Gasteiger charge is -2.10. The maximum Gasteiger partial charge on any atom is 0.0857 e.